The van der Waals surface area contributed by atoms with Crippen LogP contribution in [0.3, 0.4) is 0 Å². The van der Waals surface area contributed by atoms with E-state index in [1.165, 1.54) is 0 Å². The van der Waals surface area contributed by atoms with E-state index in [1.54, 1.807) is 30.4 Å². The van der Waals surface area contributed by atoms with Crippen molar-refractivity contribution in [1.29, 1.82) is 0 Å². The number of rotatable bonds is 8. The molecule has 0 saturated carbocycles. The Labute approximate surface area is 187 Å². The minimum atomic E-state index is -0.0725. The summed E-state index contributed by atoms with van der Waals surface area (Å²) in [5, 5.41) is 7.66. The third kappa shape index (κ3) is 7.23. The maximum Gasteiger partial charge on any atom is 0.260 e. The first-order valence-electron chi connectivity index (χ1n) is 9.93. The molecule has 0 unspecified atom stereocenters. The lowest BCUT2D eigenvalue weighted by Crippen LogP contribution is -2.43. The molecule has 9 heteroatoms. The number of hydrogen-bond donors (Lipinski definition) is 2. The molecule has 8 nitrogen and oxygen atoms in total. The largest absolute Gasteiger partial charge is 0.493 e. The molecule has 1 fully saturated rings. The maximum absolute atomic E-state index is 12.2. The molecule has 2 N–H and O–H groups in total. The number of methoxy groups -OCH3 is 1. The molecule has 2 aromatic carbocycles. The molecule has 0 spiro atoms. The number of thiocarbonyl (C=S) groups is 1. The zero-order valence-corrected chi connectivity index (χ0v) is 18.2. The van der Waals surface area contributed by atoms with Gasteiger partial charge >= 0.3 is 0 Å². The maximum atomic E-state index is 12.2. The summed E-state index contributed by atoms with van der Waals surface area (Å²) >= 11 is 5.23. The van der Waals surface area contributed by atoms with Gasteiger partial charge in [0.05, 0.1) is 26.5 Å². The minimum absolute atomic E-state index is 0.0489. The first kappa shape index (κ1) is 22.5. The van der Waals surface area contributed by atoms with Gasteiger partial charge in [0.1, 0.15) is 0 Å². The summed E-state index contributed by atoms with van der Waals surface area (Å²) in [6.07, 6.45) is 1.63. The summed E-state index contributed by atoms with van der Waals surface area (Å²) in [7, 11) is 1.55. The molecule has 0 aliphatic carbocycles. The fraction of sp³-hybridized carbons (Fsp3) is 0.318. The topological polar surface area (TPSA) is 84.4 Å². The van der Waals surface area contributed by atoms with Crippen molar-refractivity contribution in [3.63, 3.8) is 0 Å². The van der Waals surface area contributed by atoms with E-state index < -0.39 is 0 Å². The van der Waals surface area contributed by atoms with E-state index in [1.807, 2.05) is 36.4 Å². The Morgan fingerprint density at radius 1 is 1.19 bits per heavy atom. The summed E-state index contributed by atoms with van der Waals surface area (Å²) in [5.41, 5.74) is 4.71. The van der Waals surface area contributed by atoms with E-state index in [9.17, 15) is 4.79 Å². The summed E-state index contributed by atoms with van der Waals surface area (Å²) in [6.45, 7) is 2.86. The number of benzene rings is 2. The van der Waals surface area contributed by atoms with Crippen LogP contribution in [0.1, 0.15) is 11.1 Å². The molecular weight excluding hydrogens is 416 g/mol. The zero-order chi connectivity index (χ0) is 21.9. The van der Waals surface area contributed by atoms with Gasteiger partial charge in [0.25, 0.3) is 5.91 Å². The normalized spacial score (nSPS) is 13.6. The van der Waals surface area contributed by atoms with Gasteiger partial charge in [0.2, 0.25) is 0 Å². The lowest BCUT2D eigenvalue weighted by atomic mass is 10.2. The van der Waals surface area contributed by atoms with E-state index in [0.29, 0.717) is 49.5 Å². The van der Waals surface area contributed by atoms with Gasteiger partial charge in [-0.2, -0.15) is 5.10 Å². The van der Waals surface area contributed by atoms with E-state index in [0.717, 1.165) is 11.1 Å². The summed E-state index contributed by atoms with van der Waals surface area (Å²) in [6, 6.07) is 15.3. The van der Waals surface area contributed by atoms with Crippen LogP contribution in [0.5, 0.6) is 11.5 Å². The van der Waals surface area contributed by atoms with Gasteiger partial charge in [-0.3, -0.25) is 10.2 Å². The molecule has 164 valence electrons. The molecule has 31 heavy (non-hydrogen) atoms. The molecule has 1 aliphatic rings. The molecule has 1 aliphatic heterocycles. The molecule has 0 atom stereocenters. The second-order valence-corrected chi connectivity index (χ2v) is 7.14. The Hall–Kier alpha value is -3.17. The van der Waals surface area contributed by atoms with Crippen LogP contribution < -0.4 is 20.2 Å². The van der Waals surface area contributed by atoms with E-state index in [-0.39, 0.29) is 12.5 Å². The molecule has 1 amide bonds. The number of hydrazone groups is 1. The first-order chi connectivity index (χ1) is 15.2. The van der Waals surface area contributed by atoms with Gasteiger partial charge in [-0.25, -0.2) is 0 Å². The smallest absolute Gasteiger partial charge is 0.260 e. The quantitative estimate of drug-likeness (QED) is 0.367. The molecule has 0 bridgehead atoms. The van der Waals surface area contributed by atoms with Crippen molar-refractivity contribution in [3.05, 3.63) is 59.7 Å². The number of carbonyl (C=O) groups excluding carboxylic acids is 1. The molecular formula is C22H26N4O4S. The lowest BCUT2D eigenvalue weighted by Gasteiger charge is -2.26. The van der Waals surface area contributed by atoms with Gasteiger partial charge in [0.15, 0.2) is 23.2 Å². The highest BCUT2D eigenvalue weighted by Crippen LogP contribution is 2.27. The van der Waals surface area contributed by atoms with Gasteiger partial charge in [-0.15, -0.1) is 0 Å². The average molecular weight is 443 g/mol. The fourth-order valence-electron chi connectivity index (χ4n) is 2.91. The van der Waals surface area contributed by atoms with E-state index >= 15 is 0 Å². The Morgan fingerprint density at radius 3 is 2.71 bits per heavy atom. The highest BCUT2D eigenvalue weighted by molar-refractivity contribution is 7.80. The van der Waals surface area contributed by atoms with Crippen molar-refractivity contribution >= 4 is 29.5 Å². The summed E-state index contributed by atoms with van der Waals surface area (Å²) in [5.74, 6) is 0.939. The number of nitrogens with one attached hydrogen (secondary N) is 2. The van der Waals surface area contributed by atoms with Gasteiger partial charge < -0.3 is 24.4 Å². The van der Waals surface area contributed by atoms with Crippen LogP contribution in [0.2, 0.25) is 0 Å². The van der Waals surface area contributed by atoms with Crippen LogP contribution in [-0.4, -0.2) is 62.2 Å². The van der Waals surface area contributed by atoms with E-state index in [2.05, 4.69) is 15.8 Å². The number of morpholine rings is 1. The van der Waals surface area contributed by atoms with Crippen molar-refractivity contribution < 1.29 is 19.0 Å². The van der Waals surface area contributed by atoms with Crippen LogP contribution in [0.4, 0.5) is 0 Å². The Bertz CT molecular complexity index is 902. The zero-order valence-electron chi connectivity index (χ0n) is 17.4. The van der Waals surface area contributed by atoms with Crippen LogP contribution in [-0.2, 0) is 16.1 Å². The Morgan fingerprint density at radius 2 is 1.97 bits per heavy atom. The fourth-order valence-corrected chi connectivity index (χ4v) is 3.04. The van der Waals surface area contributed by atoms with Crippen molar-refractivity contribution in [2.75, 3.05) is 40.0 Å². The summed E-state index contributed by atoms with van der Waals surface area (Å²) < 4.78 is 16.3. The van der Waals surface area contributed by atoms with Crippen molar-refractivity contribution in [1.82, 2.24) is 15.6 Å². The predicted molar refractivity (Wildman–Crippen MR) is 122 cm³/mol. The highest BCUT2D eigenvalue weighted by atomic mass is 32.1. The Balaban J connectivity index is 1.48. The molecule has 0 aromatic heterocycles. The number of hydrogen-bond acceptors (Lipinski definition) is 6. The number of carbonyl (C=O) groups is 1. The highest BCUT2D eigenvalue weighted by Gasteiger charge is 2.18. The Kier molecular flexibility index (Phi) is 8.62. The number of nitrogens with zero attached hydrogens (tertiary/aromatic N) is 2. The second-order valence-electron chi connectivity index (χ2n) is 6.73. The summed E-state index contributed by atoms with van der Waals surface area (Å²) in [4.78, 5) is 14.0. The lowest BCUT2D eigenvalue weighted by molar-refractivity contribution is -0.137. The molecule has 3 rings (SSSR count). The predicted octanol–water partition coefficient (Wildman–Crippen LogP) is 1.93. The third-order valence-corrected chi connectivity index (χ3v) is 4.81. The monoisotopic (exact) mass is 442 g/mol. The molecule has 1 heterocycles. The second kappa shape index (κ2) is 11.9. The van der Waals surface area contributed by atoms with Crippen molar-refractivity contribution in [2.45, 2.75) is 6.54 Å². The molecule has 0 radical (unpaired) electrons. The van der Waals surface area contributed by atoms with Crippen LogP contribution >= 0.6 is 12.2 Å². The minimum Gasteiger partial charge on any atom is -0.493 e. The van der Waals surface area contributed by atoms with Crippen LogP contribution in [0.25, 0.3) is 0 Å². The molecule has 2 aromatic rings. The first-order valence-corrected chi connectivity index (χ1v) is 10.3. The van der Waals surface area contributed by atoms with Gasteiger partial charge in [-0.1, -0.05) is 30.3 Å². The van der Waals surface area contributed by atoms with Crippen LogP contribution in [0.15, 0.2) is 53.6 Å². The third-order valence-electron chi connectivity index (χ3n) is 4.58. The van der Waals surface area contributed by atoms with Crippen molar-refractivity contribution in [2.24, 2.45) is 5.10 Å². The van der Waals surface area contributed by atoms with Crippen molar-refractivity contribution in [3.8, 4) is 11.5 Å². The number of ether oxygens (including phenoxy) is 3. The van der Waals surface area contributed by atoms with Crippen LogP contribution in [0, 0.1) is 0 Å². The number of amides is 1. The average Bonchev–Trinajstić information content (AvgIpc) is 2.82. The molecule has 1 saturated heterocycles. The SMILES string of the molecule is COc1cc(/C=N/NC(=S)NCc2ccccc2)ccc1OCC(=O)N1CCOCC1. The van der Waals surface area contributed by atoms with E-state index in [4.69, 9.17) is 26.4 Å². The van der Waals surface area contributed by atoms with Gasteiger partial charge in [-0.05, 0) is 41.5 Å². The van der Waals surface area contributed by atoms with Gasteiger partial charge in [0, 0.05) is 19.6 Å². The standard InChI is InChI=1S/C22H26N4O4S/c1-28-20-13-18(15-24-25-22(31)23-14-17-5-3-2-4-6-17)7-8-19(20)30-16-21(27)26-9-11-29-12-10-26/h2-8,13,15H,9-12,14,16H2,1H3,(H2,23,25,31)/b24-15+.